The minimum Gasteiger partial charge on any atom is -0.341 e. The van der Waals surface area contributed by atoms with Gasteiger partial charge in [-0.15, -0.1) is 0 Å². The van der Waals surface area contributed by atoms with E-state index in [1.807, 2.05) is 37.3 Å². The van der Waals surface area contributed by atoms with Gasteiger partial charge >= 0.3 is 0 Å². The van der Waals surface area contributed by atoms with Crippen LogP contribution in [0.15, 0.2) is 161 Å². The topological polar surface area (TPSA) is 28.0 Å². The van der Waals surface area contributed by atoms with Crippen LogP contribution in [0.3, 0.4) is 0 Å². The molecule has 0 N–H and O–H groups in total. The average molecular weight is 586 g/mol. The Labute approximate surface area is 267 Å². The fourth-order valence-electron chi connectivity index (χ4n) is 6.44. The summed E-state index contributed by atoms with van der Waals surface area (Å²) in [5.74, 6) is 0.572. The van der Waals surface area contributed by atoms with Crippen molar-refractivity contribution in [1.29, 1.82) is 0 Å². The highest BCUT2D eigenvalue weighted by Gasteiger charge is 2.25. The zero-order valence-corrected chi connectivity index (χ0v) is 26.3. The summed E-state index contributed by atoms with van der Waals surface area (Å²) in [6.07, 6.45) is 20.3. The van der Waals surface area contributed by atoms with Crippen LogP contribution in [0.2, 0.25) is 0 Å². The van der Waals surface area contributed by atoms with Gasteiger partial charge in [0.25, 0.3) is 0 Å². The maximum Gasteiger partial charge on any atom is 0.154 e. The summed E-state index contributed by atoms with van der Waals surface area (Å²) in [4.78, 5) is 11.5. The van der Waals surface area contributed by atoms with Crippen LogP contribution in [0.25, 0.3) is 22.4 Å². The van der Waals surface area contributed by atoms with E-state index in [1.165, 1.54) is 44.8 Å². The van der Waals surface area contributed by atoms with Gasteiger partial charge in [-0.25, -0.2) is 9.98 Å². The molecule has 2 aliphatic carbocycles. The summed E-state index contributed by atoms with van der Waals surface area (Å²) in [6.45, 7) is 17.3. The molecule has 0 radical (unpaired) electrons. The molecule has 6 rings (SSSR count). The van der Waals surface area contributed by atoms with Crippen LogP contribution in [0.4, 0.5) is 5.69 Å². The van der Waals surface area contributed by atoms with Gasteiger partial charge in [-0.1, -0.05) is 110 Å². The molecule has 3 heteroatoms. The molecule has 1 aliphatic heterocycles. The third kappa shape index (κ3) is 6.07. The Morgan fingerprint density at radius 1 is 0.933 bits per heavy atom. The van der Waals surface area contributed by atoms with Gasteiger partial charge in [0.1, 0.15) is 0 Å². The molecule has 0 saturated heterocycles. The van der Waals surface area contributed by atoms with Crippen LogP contribution in [0.1, 0.15) is 48.9 Å². The first-order chi connectivity index (χ1) is 22.0. The summed E-state index contributed by atoms with van der Waals surface area (Å²) in [6, 6.07) is 23.6. The van der Waals surface area contributed by atoms with Crippen LogP contribution >= 0.6 is 0 Å². The van der Waals surface area contributed by atoms with Crippen LogP contribution < -0.4 is 4.90 Å². The molecule has 0 atom stereocenters. The molecule has 0 aromatic heterocycles. The molecule has 3 nitrogen and oxygen atoms in total. The maximum absolute atomic E-state index is 4.73. The fourth-order valence-corrected chi connectivity index (χ4v) is 6.44. The standard InChI is InChI=1S/C42H39N3/c1-6-32(26-30(3)42(43-5)44-31(4)33-17-10-7-11-18-33)38-21-15-19-34-27-35-28-36(23-24-39(35)41(34)38)45-25-14-8-9-16-29(2)37-20-12-13-22-40(37)45/h6-12,14-21,23-24,26,28H,2,4-5,13,22,25,27H2,1,3H3/b14-8-,16-9-,30-26+,32-6+,44-42-. The van der Waals surface area contributed by atoms with Crippen LogP contribution in [-0.2, 0) is 6.42 Å². The summed E-state index contributed by atoms with van der Waals surface area (Å²) in [7, 11) is 0. The van der Waals surface area contributed by atoms with Crippen molar-refractivity contribution in [3.8, 4) is 11.1 Å². The van der Waals surface area contributed by atoms with E-state index < -0.39 is 0 Å². The van der Waals surface area contributed by atoms with E-state index in [0.29, 0.717) is 11.5 Å². The van der Waals surface area contributed by atoms with Gasteiger partial charge in [0.2, 0.25) is 0 Å². The number of rotatable bonds is 6. The number of nitrogens with zero attached hydrogens (tertiary/aromatic N) is 3. The van der Waals surface area contributed by atoms with Crippen molar-refractivity contribution in [3.63, 3.8) is 0 Å². The third-order valence-corrected chi connectivity index (χ3v) is 8.69. The maximum atomic E-state index is 4.73. The predicted octanol–water partition coefficient (Wildman–Crippen LogP) is 10.5. The van der Waals surface area contributed by atoms with E-state index >= 15 is 0 Å². The van der Waals surface area contributed by atoms with Crippen molar-refractivity contribution >= 4 is 29.5 Å². The summed E-state index contributed by atoms with van der Waals surface area (Å²) >= 11 is 0. The predicted molar refractivity (Wildman–Crippen MR) is 195 cm³/mol. The number of fused-ring (bicyclic) bond motifs is 3. The van der Waals surface area contributed by atoms with Crippen molar-refractivity contribution in [3.05, 3.63) is 173 Å². The quantitative estimate of drug-likeness (QED) is 0.126. The number of allylic oxidation sites excluding steroid dienone is 11. The lowest BCUT2D eigenvalue weighted by Crippen LogP contribution is -2.25. The highest BCUT2D eigenvalue weighted by molar-refractivity contribution is 6.05. The van der Waals surface area contributed by atoms with E-state index in [2.05, 4.69) is 122 Å². The van der Waals surface area contributed by atoms with Gasteiger partial charge in [0, 0.05) is 23.5 Å². The summed E-state index contributed by atoms with van der Waals surface area (Å²) < 4.78 is 0. The van der Waals surface area contributed by atoms with Crippen molar-refractivity contribution in [2.24, 2.45) is 9.98 Å². The first kappa shape index (κ1) is 29.8. The molecule has 3 aromatic carbocycles. The van der Waals surface area contributed by atoms with Gasteiger partial charge in [0.15, 0.2) is 5.84 Å². The second-order valence-electron chi connectivity index (χ2n) is 11.6. The largest absolute Gasteiger partial charge is 0.341 e. The van der Waals surface area contributed by atoms with Gasteiger partial charge in [0.05, 0.1) is 5.70 Å². The highest BCUT2D eigenvalue weighted by atomic mass is 15.1. The Kier molecular flexibility index (Phi) is 8.70. The molecule has 3 aromatic rings. The fraction of sp³-hybridized carbons (Fsp3) is 0.143. The first-order valence-electron chi connectivity index (χ1n) is 15.6. The number of aliphatic imine (C=N–C) groups is 2. The van der Waals surface area contributed by atoms with Gasteiger partial charge in [-0.05, 0) is 108 Å². The molecule has 0 unspecified atom stereocenters. The Bertz CT molecular complexity index is 1900. The van der Waals surface area contributed by atoms with Gasteiger partial charge in [-0.3, -0.25) is 0 Å². The zero-order chi connectivity index (χ0) is 31.3. The van der Waals surface area contributed by atoms with E-state index in [4.69, 9.17) is 4.99 Å². The van der Waals surface area contributed by atoms with E-state index in [9.17, 15) is 0 Å². The molecule has 0 fully saturated rings. The Balaban J connectivity index is 1.35. The lowest BCUT2D eigenvalue weighted by molar-refractivity contribution is 0.855. The molecule has 0 spiro atoms. The number of anilines is 1. The molecule has 0 amide bonds. The van der Waals surface area contributed by atoms with Crippen molar-refractivity contribution in [2.45, 2.75) is 33.1 Å². The van der Waals surface area contributed by atoms with Crippen LogP contribution in [0.5, 0.6) is 0 Å². The van der Waals surface area contributed by atoms with E-state index in [-0.39, 0.29) is 0 Å². The Morgan fingerprint density at radius 2 is 1.78 bits per heavy atom. The first-order valence-corrected chi connectivity index (χ1v) is 15.6. The molecule has 45 heavy (non-hydrogen) atoms. The van der Waals surface area contributed by atoms with E-state index in [1.54, 1.807) is 0 Å². The second kappa shape index (κ2) is 13.2. The zero-order valence-electron chi connectivity index (χ0n) is 26.3. The molecule has 0 saturated carbocycles. The number of amidine groups is 1. The minimum absolute atomic E-state index is 0.572. The van der Waals surface area contributed by atoms with Gasteiger partial charge < -0.3 is 4.90 Å². The lowest BCUT2D eigenvalue weighted by Gasteiger charge is -2.30. The van der Waals surface area contributed by atoms with Crippen LogP contribution in [0, 0.1) is 0 Å². The van der Waals surface area contributed by atoms with Crippen molar-refractivity contribution < 1.29 is 0 Å². The smallest absolute Gasteiger partial charge is 0.154 e. The normalized spacial score (nSPS) is 18.0. The summed E-state index contributed by atoms with van der Waals surface area (Å²) in [5.41, 5.74) is 15.1. The lowest BCUT2D eigenvalue weighted by atomic mass is 9.92. The van der Waals surface area contributed by atoms with Crippen molar-refractivity contribution in [2.75, 3.05) is 11.4 Å². The third-order valence-electron chi connectivity index (χ3n) is 8.69. The molecule has 222 valence electrons. The molecular weight excluding hydrogens is 546 g/mol. The molecular formula is C42H39N3. The Hall–Kier alpha value is -5.28. The molecule has 1 heterocycles. The van der Waals surface area contributed by atoms with Crippen LogP contribution in [-0.4, -0.2) is 19.1 Å². The van der Waals surface area contributed by atoms with Crippen molar-refractivity contribution in [1.82, 2.24) is 0 Å². The number of hydrogen-bond donors (Lipinski definition) is 0. The van der Waals surface area contributed by atoms with Gasteiger partial charge in [-0.2, -0.15) is 0 Å². The minimum atomic E-state index is 0.572. The highest BCUT2D eigenvalue weighted by Crippen LogP contribution is 2.44. The summed E-state index contributed by atoms with van der Waals surface area (Å²) in [5, 5.41) is 0. The number of hydrogen-bond acceptors (Lipinski definition) is 2. The SMILES string of the molecule is C=NC(=N\C(=C)c1ccccc1)/C(C)=C/C(=C\C)c1cccc2c1-c1ccc(N3C/C=C\C=C/C(=C)C4=C3CCC=C4)cc1C2. The Morgan fingerprint density at radius 3 is 2.58 bits per heavy atom. The average Bonchev–Trinajstić information content (AvgIpc) is 3.48. The van der Waals surface area contributed by atoms with E-state index in [0.717, 1.165) is 48.1 Å². The monoisotopic (exact) mass is 585 g/mol. The molecule has 3 aliphatic rings. The second-order valence-corrected chi connectivity index (χ2v) is 11.6. The number of benzene rings is 3. The molecule has 0 bridgehead atoms.